The number of para-hydroxylation sites is 2. The van der Waals surface area contributed by atoms with Gasteiger partial charge in [-0.05, 0) is 65.1 Å². The number of benzene rings is 5. The molecule has 44 heavy (non-hydrogen) atoms. The number of nitrogens with zero attached hydrogens (tertiary/aromatic N) is 4. The molecular weight excluding hydrogens is 536 g/mol. The van der Waals surface area contributed by atoms with Crippen LogP contribution < -0.4 is 10.4 Å². The van der Waals surface area contributed by atoms with Crippen LogP contribution >= 0.6 is 0 Å². The number of allylic oxidation sites excluding steroid dienone is 1. The van der Waals surface area contributed by atoms with Gasteiger partial charge in [0.2, 0.25) is 0 Å². The number of nitriles is 1. The lowest BCUT2D eigenvalue weighted by Crippen LogP contribution is -2.28. The third-order valence-electron chi connectivity index (χ3n) is 8.49. The van der Waals surface area contributed by atoms with E-state index in [0.29, 0.717) is 5.56 Å². The summed E-state index contributed by atoms with van der Waals surface area (Å²) >= 11 is 0. The largest absolute Gasteiger partial charge is 0.292 e. The van der Waals surface area contributed by atoms with E-state index >= 15 is 0 Å². The van der Waals surface area contributed by atoms with E-state index in [2.05, 4.69) is 108 Å². The maximum Gasteiger partial charge on any atom is 0.146 e. The van der Waals surface area contributed by atoms with Gasteiger partial charge in [0, 0.05) is 26.9 Å². The summed E-state index contributed by atoms with van der Waals surface area (Å²) in [6.07, 6.45) is 4.24. The molecular formula is C40H26N4. The summed E-state index contributed by atoms with van der Waals surface area (Å²) in [4.78, 5) is 10.1. The molecule has 0 amide bonds. The van der Waals surface area contributed by atoms with Crippen LogP contribution in [0.25, 0.3) is 78.2 Å². The van der Waals surface area contributed by atoms with Gasteiger partial charge in [-0.15, -0.1) is 0 Å². The van der Waals surface area contributed by atoms with Crippen molar-refractivity contribution in [3.63, 3.8) is 0 Å². The van der Waals surface area contributed by atoms with Crippen LogP contribution in [0.3, 0.4) is 0 Å². The number of pyridine rings is 2. The van der Waals surface area contributed by atoms with E-state index in [0.717, 1.165) is 76.7 Å². The first-order valence-corrected chi connectivity index (χ1v) is 14.6. The molecule has 0 aliphatic carbocycles. The van der Waals surface area contributed by atoms with Crippen LogP contribution in [0.1, 0.15) is 18.1 Å². The maximum atomic E-state index is 9.69. The molecule has 4 heteroatoms. The Morgan fingerprint density at radius 3 is 2.36 bits per heavy atom. The Hall–Kier alpha value is -6.05. The summed E-state index contributed by atoms with van der Waals surface area (Å²) in [5.41, 5.74) is 9.28. The minimum Gasteiger partial charge on any atom is -0.292 e. The molecule has 0 aliphatic heterocycles. The average Bonchev–Trinajstić information content (AvgIpc) is 3.47. The van der Waals surface area contributed by atoms with Gasteiger partial charge in [-0.1, -0.05) is 97.6 Å². The van der Waals surface area contributed by atoms with Crippen molar-refractivity contribution < 1.29 is 0 Å². The van der Waals surface area contributed by atoms with E-state index in [9.17, 15) is 5.26 Å². The highest BCUT2D eigenvalue weighted by molar-refractivity contribution is 6.05. The zero-order valence-electron chi connectivity index (χ0n) is 24.1. The number of hydrogen-bond donors (Lipinski definition) is 0. The normalized spacial score (nSPS) is 12.5. The fraction of sp³-hybridized carbons (Fsp3) is 0.0250. The van der Waals surface area contributed by atoms with Crippen molar-refractivity contribution in [2.75, 3.05) is 0 Å². The summed E-state index contributed by atoms with van der Waals surface area (Å²) in [5.74, 6) is 0. The highest BCUT2D eigenvalue weighted by Gasteiger charge is 2.13. The maximum absolute atomic E-state index is 9.69. The molecule has 0 bridgehead atoms. The molecule has 0 fully saturated rings. The van der Waals surface area contributed by atoms with Gasteiger partial charge >= 0.3 is 0 Å². The smallest absolute Gasteiger partial charge is 0.146 e. The van der Waals surface area contributed by atoms with Crippen LogP contribution in [0.2, 0.25) is 0 Å². The second-order valence-corrected chi connectivity index (χ2v) is 11.0. The van der Waals surface area contributed by atoms with Gasteiger partial charge in [0.1, 0.15) is 5.65 Å². The van der Waals surface area contributed by atoms with Gasteiger partial charge in [-0.3, -0.25) is 4.40 Å². The average molecular weight is 563 g/mol. The number of aromatic nitrogens is 3. The molecule has 0 atom stereocenters. The second-order valence-electron chi connectivity index (χ2n) is 11.0. The van der Waals surface area contributed by atoms with Gasteiger partial charge in [-0.25, -0.2) is 9.97 Å². The highest BCUT2D eigenvalue weighted by Crippen LogP contribution is 2.28. The zero-order valence-corrected chi connectivity index (χ0v) is 24.1. The topological polar surface area (TPSA) is 54.0 Å². The van der Waals surface area contributed by atoms with Gasteiger partial charge in [0.05, 0.1) is 39.4 Å². The zero-order chi connectivity index (χ0) is 29.8. The predicted octanol–water partition coefficient (Wildman–Crippen LogP) is 8.18. The van der Waals surface area contributed by atoms with Crippen LogP contribution in [-0.2, 0) is 0 Å². The highest BCUT2D eigenvalue weighted by atomic mass is 15.0. The fourth-order valence-corrected chi connectivity index (χ4v) is 6.30. The Bertz CT molecular complexity index is 2640. The number of hydrogen-bond acceptors (Lipinski definition) is 3. The minimum atomic E-state index is 0.612. The molecule has 8 aromatic rings. The van der Waals surface area contributed by atoms with E-state index in [1.165, 1.54) is 5.39 Å². The molecule has 206 valence electrons. The van der Waals surface area contributed by atoms with Crippen LogP contribution in [-0.4, -0.2) is 14.4 Å². The van der Waals surface area contributed by atoms with E-state index < -0.39 is 0 Å². The minimum absolute atomic E-state index is 0.612. The van der Waals surface area contributed by atoms with Gasteiger partial charge < -0.3 is 0 Å². The molecule has 0 saturated heterocycles. The van der Waals surface area contributed by atoms with E-state index in [1.54, 1.807) is 0 Å². The number of rotatable bonds is 3. The number of fused-ring (bicyclic) bond motifs is 8. The first-order chi connectivity index (χ1) is 21.6. The van der Waals surface area contributed by atoms with E-state index in [-0.39, 0.29) is 0 Å². The Labute approximate surface area is 253 Å². The van der Waals surface area contributed by atoms with Crippen molar-refractivity contribution in [3.8, 4) is 17.3 Å². The molecule has 0 spiro atoms. The molecule has 5 aromatic carbocycles. The summed E-state index contributed by atoms with van der Waals surface area (Å²) in [6.45, 7) is 6.51. The SMILES string of the molecule is C=C(/C=c1\c(=C/C)c2nc3ccccc3n2c2cc(C#N)ccc12)c1ccc(-c2ccc3ccc4ccccc4c3n2)cc1. The Kier molecular flexibility index (Phi) is 5.85. The van der Waals surface area contributed by atoms with Gasteiger partial charge in [0.15, 0.2) is 0 Å². The van der Waals surface area contributed by atoms with Gasteiger partial charge in [-0.2, -0.15) is 5.26 Å². The van der Waals surface area contributed by atoms with Crippen molar-refractivity contribution in [1.82, 2.24) is 14.4 Å². The summed E-state index contributed by atoms with van der Waals surface area (Å²) in [5, 5.41) is 16.3. The Morgan fingerprint density at radius 2 is 1.52 bits per heavy atom. The van der Waals surface area contributed by atoms with Crippen LogP contribution in [0, 0.1) is 11.3 Å². The van der Waals surface area contributed by atoms with Crippen LogP contribution in [0.4, 0.5) is 0 Å². The lowest BCUT2D eigenvalue weighted by Gasteiger charge is -2.09. The fourth-order valence-electron chi connectivity index (χ4n) is 6.30. The molecule has 3 aromatic heterocycles. The first-order valence-electron chi connectivity index (χ1n) is 14.6. The second kappa shape index (κ2) is 10.0. The predicted molar refractivity (Wildman–Crippen MR) is 182 cm³/mol. The van der Waals surface area contributed by atoms with Crippen LogP contribution in [0.5, 0.6) is 0 Å². The quantitative estimate of drug-likeness (QED) is 0.204. The number of imidazole rings is 1. The monoisotopic (exact) mass is 562 g/mol. The lowest BCUT2D eigenvalue weighted by molar-refractivity contribution is 1.26. The van der Waals surface area contributed by atoms with Crippen molar-refractivity contribution >= 4 is 67.0 Å². The Morgan fingerprint density at radius 1 is 0.750 bits per heavy atom. The molecule has 0 saturated carbocycles. The summed E-state index contributed by atoms with van der Waals surface area (Å²) < 4.78 is 2.16. The molecule has 8 rings (SSSR count). The summed E-state index contributed by atoms with van der Waals surface area (Å²) in [6, 6.07) is 41.6. The van der Waals surface area contributed by atoms with Crippen LogP contribution in [0.15, 0.2) is 122 Å². The van der Waals surface area contributed by atoms with Crippen molar-refractivity contribution in [1.29, 1.82) is 5.26 Å². The molecule has 3 heterocycles. The third-order valence-corrected chi connectivity index (χ3v) is 8.49. The lowest BCUT2D eigenvalue weighted by atomic mass is 10.00. The van der Waals surface area contributed by atoms with E-state index in [4.69, 9.17) is 9.97 Å². The molecule has 0 radical (unpaired) electrons. The van der Waals surface area contributed by atoms with Crippen molar-refractivity contribution in [2.45, 2.75) is 6.92 Å². The van der Waals surface area contributed by atoms with E-state index in [1.807, 2.05) is 43.3 Å². The summed E-state index contributed by atoms with van der Waals surface area (Å²) in [7, 11) is 0. The third kappa shape index (κ3) is 3.99. The van der Waals surface area contributed by atoms with Gasteiger partial charge in [0.25, 0.3) is 0 Å². The molecule has 0 N–H and O–H groups in total. The molecule has 0 aliphatic rings. The van der Waals surface area contributed by atoms with Crippen molar-refractivity contribution in [3.05, 3.63) is 143 Å². The standard InChI is InChI=1S/C40H26N4/c1-3-31-34(33-20-12-26(24-41)23-38(33)44-37-11-7-6-10-36(37)43-40(31)44)22-25(2)27-13-16-29(17-14-27)35-21-19-30-18-15-28-8-4-5-9-32(28)39(30)42-35/h3-23H,2H2,1H3/b31-3+,34-22+. The first kappa shape index (κ1) is 25.6. The van der Waals surface area contributed by atoms with Crippen molar-refractivity contribution in [2.24, 2.45) is 0 Å². The Balaban J connectivity index is 1.26. The molecule has 4 nitrogen and oxygen atoms in total. The molecule has 0 unspecified atom stereocenters.